The van der Waals surface area contributed by atoms with E-state index in [1.165, 1.54) is 5.56 Å². The summed E-state index contributed by atoms with van der Waals surface area (Å²) >= 11 is 0. The third kappa shape index (κ3) is 4.24. The van der Waals surface area contributed by atoms with Crippen LogP contribution in [-0.2, 0) is 17.6 Å². The Kier molecular flexibility index (Phi) is 5.43. The van der Waals surface area contributed by atoms with Crippen molar-refractivity contribution >= 4 is 11.7 Å². The fourth-order valence-corrected chi connectivity index (χ4v) is 2.88. The third-order valence-corrected chi connectivity index (χ3v) is 4.33. The highest BCUT2D eigenvalue weighted by molar-refractivity contribution is 5.80. The van der Waals surface area contributed by atoms with Gasteiger partial charge in [-0.05, 0) is 55.0 Å². The molecule has 5 nitrogen and oxygen atoms in total. The first-order valence-corrected chi connectivity index (χ1v) is 8.55. The van der Waals surface area contributed by atoms with Gasteiger partial charge in [-0.3, -0.25) is 4.79 Å². The summed E-state index contributed by atoms with van der Waals surface area (Å²) in [5, 5.41) is 0. The van der Waals surface area contributed by atoms with Gasteiger partial charge < -0.3 is 19.9 Å². The van der Waals surface area contributed by atoms with Gasteiger partial charge in [0.25, 0.3) is 0 Å². The highest BCUT2D eigenvalue weighted by atomic mass is 16.5. The Bertz CT molecular complexity index is 740. The molecule has 0 aromatic heterocycles. The van der Waals surface area contributed by atoms with Gasteiger partial charge in [0.15, 0.2) is 5.75 Å². The number of esters is 1. The van der Waals surface area contributed by atoms with Crippen molar-refractivity contribution in [1.82, 2.24) is 0 Å². The number of hydrogen-bond donors (Lipinski definition) is 1. The summed E-state index contributed by atoms with van der Waals surface area (Å²) < 4.78 is 16.2. The van der Waals surface area contributed by atoms with E-state index in [9.17, 15) is 4.79 Å². The molecule has 0 fully saturated rings. The fourth-order valence-electron chi connectivity index (χ4n) is 2.88. The predicted molar refractivity (Wildman–Crippen MR) is 96.2 cm³/mol. The van der Waals surface area contributed by atoms with E-state index < -0.39 is 0 Å². The number of rotatable bonds is 7. The zero-order valence-electron chi connectivity index (χ0n) is 14.4. The Morgan fingerprint density at radius 1 is 1.08 bits per heavy atom. The van der Waals surface area contributed by atoms with Crippen LogP contribution in [0.25, 0.3) is 0 Å². The van der Waals surface area contributed by atoms with Crippen LogP contribution in [-0.4, -0.2) is 19.7 Å². The number of carbonyl (C=O) groups excluding carboxylic acids is 1. The van der Waals surface area contributed by atoms with Crippen molar-refractivity contribution in [3.8, 4) is 17.2 Å². The lowest BCUT2D eigenvalue weighted by Crippen LogP contribution is -2.17. The van der Waals surface area contributed by atoms with Crippen molar-refractivity contribution in [3.63, 3.8) is 0 Å². The minimum absolute atomic E-state index is 0.240. The van der Waals surface area contributed by atoms with Gasteiger partial charge in [-0.15, -0.1) is 0 Å². The average molecular weight is 341 g/mol. The number of hydrogen-bond acceptors (Lipinski definition) is 5. The second-order valence-electron chi connectivity index (χ2n) is 6.09. The van der Waals surface area contributed by atoms with Crippen LogP contribution < -0.4 is 19.9 Å². The smallest absolute Gasteiger partial charge is 0.311 e. The van der Waals surface area contributed by atoms with E-state index in [-0.39, 0.29) is 5.97 Å². The standard InChI is InChI=1S/C20H23NO4/c1-23-16-9-5-14(6-10-16)4-2-3-13-24-17-11-7-15-8-12-18(22)25-20(15)19(17)21/h5-7,9-11H,2-4,8,12-13,21H2,1H3. The maximum Gasteiger partial charge on any atom is 0.311 e. The molecule has 2 N–H and O–H groups in total. The first-order valence-electron chi connectivity index (χ1n) is 8.55. The summed E-state index contributed by atoms with van der Waals surface area (Å²) in [5.74, 6) is 1.68. The van der Waals surface area contributed by atoms with Crippen LogP contribution >= 0.6 is 0 Å². The van der Waals surface area contributed by atoms with Crippen molar-refractivity contribution in [3.05, 3.63) is 47.5 Å². The monoisotopic (exact) mass is 341 g/mol. The van der Waals surface area contributed by atoms with Gasteiger partial charge in [0.05, 0.1) is 20.1 Å². The van der Waals surface area contributed by atoms with Crippen LogP contribution in [0.1, 0.15) is 30.4 Å². The first kappa shape index (κ1) is 17.1. The number of unbranched alkanes of at least 4 members (excludes halogenated alkanes) is 1. The molecule has 2 aromatic carbocycles. The molecule has 0 aliphatic carbocycles. The van der Waals surface area contributed by atoms with Gasteiger partial charge in [0, 0.05) is 0 Å². The molecule has 1 aliphatic rings. The third-order valence-electron chi connectivity index (χ3n) is 4.33. The number of nitrogens with two attached hydrogens (primary N) is 1. The molecule has 2 aromatic rings. The Hall–Kier alpha value is -2.69. The van der Waals surface area contributed by atoms with Crippen molar-refractivity contribution in [2.75, 3.05) is 19.5 Å². The lowest BCUT2D eigenvalue weighted by Gasteiger charge is -2.19. The van der Waals surface area contributed by atoms with Crippen LogP contribution in [0.3, 0.4) is 0 Å². The highest BCUT2D eigenvalue weighted by Crippen LogP contribution is 2.38. The molecule has 0 radical (unpaired) electrons. The van der Waals surface area contributed by atoms with Gasteiger partial charge in [0.1, 0.15) is 17.2 Å². The zero-order valence-corrected chi connectivity index (χ0v) is 14.4. The second-order valence-corrected chi connectivity index (χ2v) is 6.09. The number of methoxy groups -OCH3 is 1. The maximum absolute atomic E-state index is 11.4. The van der Waals surface area contributed by atoms with E-state index >= 15 is 0 Å². The molecule has 132 valence electrons. The van der Waals surface area contributed by atoms with Crippen LogP contribution in [0.15, 0.2) is 36.4 Å². The molecule has 1 aliphatic heterocycles. The molecule has 0 atom stereocenters. The summed E-state index contributed by atoms with van der Waals surface area (Å²) in [6.45, 7) is 0.576. The van der Waals surface area contributed by atoms with Crippen molar-refractivity contribution in [2.24, 2.45) is 0 Å². The molecule has 0 spiro atoms. The summed E-state index contributed by atoms with van der Waals surface area (Å²) in [6, 6.07) is 11.9. The fraction of sp³-hybridized carbons (Fsp3) is 0.350. The molecular formula is C20H23NO4. The van der Waals surface area contributed by atoms with Gasteiger partial charge in [-0.1, -0.05) is 18.2 Å². The van der Waals surface area contributed by atoms with Crippen LogP contribution in [0, 0.1) is 0 Å². The Morgan fingerprint density at radius 3 is 2.64 bits per heavy atom. The van der Waals surface area contributed by atoms with Gasteiger partial charge >= 0.3 is 5.97 Å². The number of aryl methyl sites for hydroxylation is 2. The highest BCUT2D eigenvalue weighted by Gasteiger charge is 2.21. The van der Waals surface area contributed by atoms with Crippen LogP contribution in [0.2, 0.25) is 0 Å². The largest absolute Gasteiger partial charge is 0.497 e. The van der Waals surface area contributed by atoms with Crippen molar-refractivity contribution in [2.45, 2.75) is 32.1 Å². The van der Waals surface area contributed by atoms with E-state index in [0.29, 0.717) is 36.6 Å². The topological polar surface area (TPSA) is 70.8 Å². The second kappa shape index (κ2) is 7.92. The first-order chi connectivity index (χ1) is 12.2. The average Bonchev–Trinajstić information content (AvgIpc) is 2.64. The minimum atomic E-state index is -0.240. The van der Waals surface area contributed by atoms with E-state index in [1.807, 2.05) is 24.3 Å². The molecule has 0 amide bonds. The van der Waals surface area contributed by atoms with Crippen LogP contribution in [0.5, 0.6) is 17.2 Å². The minimum Gasteiger partial charge on any atom is -0.497 e. The molecule has 0 saturated carbocycles. The van der Waals surface area contributed by atoms with E-state index in [1.54, 1.807) is 7.11 Å². The van der Waals surface area contributed by atoms with Crippen molar-refractivity contribution < 1.29 is 19.0 Å². The number of fused-ring (bicyclic) bond motifs is 1. The lowest BCUT2D eigenvalue weighted by molar-refractivity contribution is -0.135. The number of anilines is 1. The number of ether oxygens (including phenoxy) is 3. The molecule has 1 heterocycles. The lowest BCUT2D eigenvalue weighted by atomic mass is 10.0. The van der Waals surface area contributed by atoms with Gasteiger partial charge in [-0.2, -0.15) is 0 Å². The molecule has 25 heavy (non-hydrogen) atoms. The summed E-state index contributed by atoms with van der Waals surface area (Å²) in [6.07, 6.45) is 4.00. The molecule has 3 rings (SSSR count). The quantitative estimate of drug-likeness (QED) is 0.361. The Balaban J connectivity index is 1.47. The molecule has 0 bridgehead atoms. The van der Waals surface area contributed by atoms with Crippen LogP contribution in [0.4, 0.5) is 5.69 Å². The van der Waals surface area contributed by atoms with Gasteiger partial charge in [0.2, 0.25) is 0 Å². The number of nitrogen functional groups attached to an aromatic ring is 1. The normalized spacial score (nSPS) is 13.1. The SMILES string of the molecule is COc1ccc(CCCCOc2ccc3c(c2N)OC(=O)CC3)cc1. The number of carbonyl (C=O) groups is 1. The molecular weight excluding hydrogens is 318 g/mol. The summed E-state index contributed by atoms with van der Waals surface area (Å²) in [5.41, 5.74) is 8.74. The maximum atomic E-state index is 11.4. The molecule has 0 saturated heterocycles. The predicted octanol–water partition coefficient (Wildman–Crippen LogP) is 3.53. The Morgan fingerprint density at radius 2 is 1.88 bits per heavy atom. The summed E-state index contributed by atoms with van der Waals surface area (Å²) in [7, 11) is 1.67. The van der Waals surface area contributed by atoms with E-state index in [2.05, 4.69) is 12.1 Å². The summed E-state index contributed by atoms with van der Waals surface area (Å²) in [4.78, 5) is 11.4. The van der Waals surface area contributed by atoms with Gasteiger partial charge in [-0.25, -0.2) is 0 Å². The molecule has 5 heteroatoms. The van der Waals surface area contributed by atoms with E-state index in [0.717, 1.165) is 30.6 Å². The zero-order chi connectivity index (χ0) is 17.6. The number of benzene rings is 2. The molecule has 0 unspecified atom stereocenters. The van der Waals surface area contributed by atoms with Crippen molar-refractivity contribution in [1.29, 1.82) is 0 Å². The van der Waals surface area contributed by atoms with E-state index in [4.69, 9.17) is 19.9 Å². The Labute approximate surface area is 147 Å².